The summed E-state index contributed by atoms with van der Waals surface area (Å²) in [4.78, 5) is 5.69. The molecular formula is C5F2N3. The van der Waals surface area contributed by atoms with Crippen LogP contribution in [0.15, 0.2) is 0 Å². The van der Waals surface area contributed by atoms with Crippen LogP contribution in [0.5, 0.6) is 0 Å². The summed E-state index contributed by atoms with van der Waals surface area (Å²) in [6.45, 7) is 0. The first-order valence-corrected chi connectivity index (χ1v) is 2.25. The van der Waals surface area contributed by atoms with Gasteiger partial charge in [-0.15, -0.1) is 0 Å². The lowest BCUT2D eigenvalue weighted by molar-refractivity contribution is 0.516. The highest BCUT2D eigenvalue weighted by molar-refractivity contribution is 5.23. The highest BCUT2D eigenvalue weighted by atomic mass is 19.1. The van der Waals surface area contributed by atoms with Gasteiger partial charge in [0, 0.05) is 0 Å². The summed E-state index contributed by atoms with van der Waals surface area (Å²) in [6.07, 6.45) is 1.70. The van der Waals surface area contributed by atoms with Crippen LogP contribution >= 0.6 is 0 Å². The molecule has 0 spiro atoms. The molecule has 1 aromatic rings. The number of aromatic nitrogens is 2. The fourth-order valence-corrected chi connectivity index (χ4v) is 0.402. The smallest absolute Gasteiger partial charge is 0.195 e. The zero-order valence-corrected chi connectivity index (χ0v) is 4.60. The highest BCUT2D eigenvalue weighted by Gasteiger charge is 2.08. The van der Waals surface area contributed by atoms with E-state index in [1.54, 1.807) is 6.33 Å². The van der Waals surface area contributed by atoms with E-state index in [0.29, 0.717) is 0 Å². The average Bonchev–Trinajstić information content (AvgIpc) is 1.88. The predicted octanol–water partition coefficient (Wildman–Crippen LogP) is 0.427. The van der Waals surface area contributed by atoms with E-state index < -0.39 is 17.5 Å². The molecule has 49 valence electrons. The van der Waals surface area contributed by atoms with Gasteiger partial charge in [-0.05, 0) is 0 Å². The van der Waals surface area contributed by atoms with Crippen LogP contribution in [0, 0.1) is 29.6 Å². The van der Waals surface area contributed by atoms with Gasteiger partial charge in [0.2, 0.25) is 18.2 Å². The van der Waals surface area contributed by atoms with Gasteiger partial charge in [-0.3, -0.25) is 0 Å². The molecule has 1 radical (unpaired) electrons. The van der Waals surface area contributed by atoms with Gasteiger partial charge >= 0.3 is 0 Å². The van der Waals surface area contributed by atoms with Crippen molar-refractivity contribution in [1.29, 1.82) is 5.26 Å². The zero-order valence-electron chi connectivity index (χ0n) is 4.60. The van der Waals surface area contributed by atoms with Crippen LogP contribution < -0.4 is 0 Å². The van der Waals surface area contributed by atoms with Crippen molar-refractivity contribution in [1.82, 2.24) is 9.97 Å². The fourth-order valence-electron chi connectivity index (χ4n) is 0.402. The van der Waals surface area contributed by atoms with E-state index in [0.717, 1.165) is 0 Å². The molecule has 0 bridgehead atoms. The maximum atomic E-state index is 12.2. The Labute approximate surface area is 55.0 Å². The Balaban J connectivity index is 3.34. The van der Waals surface area contributed by atoms with E-state index in [1.165, 1.54) is 6.07 Å². The lowest BCUT2D eigenvalue weighted by Gasteiger charge is -1.88. The van der Waals surface area contributed by atoms with Crippen molar-refractivity contribution in [3.8, 4) is 6.07 Å². The van der Waals surface area contributed by atoms with Crippen molar-refractivity contribution >= 4 is 0 Å². The lowest BCUT2D eigenvalue weighted by Crippen LogP contribution is -1.96. The molecule has 0 unspecified atom stereocenters. The van der Waals surface area contributed by atoms with E-state index in [4.69, 9.17) is 5.26 Å². The summed E-state index contributed by atoms with van der Waals surface area (Å²) >= 11 is 0. The van der Waals surface area contributed by atoms with Crippen LogP contribution in [-0.4, -0.2) is 9.97 Å². The van der Waals surface area contributed by atoms with Gasteiger partial charge in [-0.2, -0.15) is 24.0 Å². The Hall–Kier alpha value is -1.57. The molecule has 0 saturated heterocycles. The predicted molar refractivity (Wildman–Crippen MR) is 25.5 cm³/mol. The summed E-state index contributed by atoms with van der Waals surface area (Å²) in [7, 11) is 0. The van der Waals surface area contributed by atoms with Crippen molar-refractivity contribution < 1.29 is 8.78 Å². The molecule has 0 N–H and O–H groups in total. The lowest BCUT2D eigenvalue weighted by atomic mass is 10.4. The number of hydrogen-bond acceptors (Lipinski definition) is 3. The second-order valence-electron chi connectivity index (χ2n) is 1.39. The first-order chi connectivity index (χ1) is 4.75. The monoisotopic (exact) mass is 140 g/mol. The molecule has 1 rings (SSSR count). The first-order valence-electron chi connectivity index (χ1n) is 2.25. The van der Waals surface area contributed by atoms with Crippen molar-refractivity contribution in [3.05, 3.63) is 23.8 Å². The van der Waals surface area contributed by atoms with Gasteiger partial charge in [0.15, 0.2) is 5.56 Å². The Kier molecular flexibility index (Phi) is 1.54. The minimum atomic E-state index is -1.19. The fraction of sp³-hybridized carbons (Fsp3) is 0. The number of hydrogen-bond donors (Lipinski definition) is 0. The standard InChI is InChI=1S/C5F2N3/c6-4-3(1-8)5(7)10-2-9-4. The van der Waals surface area contributed by atoms with Crippen molar-refractivity contribution in [2.24, 2.45) is 0 Å². The second kappa shape index (κ2) is 2.35. The van der Waals surface area contributed by atoms with E-state index >= 15 is 0 Å². The quantitative estimate of drug-likeness (QED) is 0.491. The molecule has 10 heavy (non-hydrogen) atoms. The molecule has 0 aromatic carbocycles. The molecule has 1 aromatic heterocycles. The molecule has 0 atom stereocenters. The summed E-state index contributed by atoms with van der Waals surface area (Å²) in [5.41, 5.74) is -0.779. The van der Waals surface area contributed by atoms with E-state index in [1.807, 2.05) is 0 Å². The summed E-state index contributed by atoms with van der Waals surface area (Å²) in [5, 5.41) is 8.08. The van der Waals surface area contributed by atoms with Gasteiger partial charge in [-0.25, -0.2) is 0 Å². The first kappa shape index (κ1) is 6.55. The van der Waals surface area contributed by atoms with Gasteiger partial charge in [0.05, 0.1) is 0 Å². The summed E-state index contributed by atoms with van der Waals surface area (Å²) in [6, 6.07) is 1.27. The van der Waals surface area contributed by atoms with E-state index in [9.17, 15) is 8.78 Å². The molecule has 3 nitrogen and oxygen atoms in total. The minimum absolute atomic E-state index is 0.779. The molecule has 0 saturated carbocycles. The Morgan fingerprint density at radius 2 is 1.80 bits per heavy atom. The Morgan fingerprint density at radius 3 is 2.10 bits per heavy atom. The number of rotatable bonds is 0. The van der Waals surface area contributed by atoms with E-state index in [2.05, 4.69) is 9.97 Å². The number of nitriles is 1. The normalized spacial score (nSPS) is 8.90. The summed E-state index contributed by atoms with van der Waals surface area (Å²) in [5.74, 6) is -2.37. The molecule has 0 aliphatic rings. The third-order valence-corrected chi connectivity index (χ3v) is 0.821. The zero-order chi connectivity index (χ0) is 7.56. The molecule has 1 heterocycles. The van der Waals surface area contributed by atoms with Crippen molar-refractivity contribution in [2.45, 2.75) is 0 Å². The molecule has 0 aliphatic carbocycles. The van der Waals surface area contributed by atoms with Crippen molar-refractivity contribution in [3.63, 3.8) is 0 Å². The van der Waals surface area contributed by atoms with Gasteiger partial charge < -0.3 is 0 Å². The summed E-state index contributed by atoms with van der Waals surface area (Å²) < 4.78 is 24.4. The molecule has 0 amide bonds. The Bertz CT molecular complexity index is 271. The average molecular weight is 140 g/mol. The molecular weight excluding hydrogens is 140 g/mol. The largest absolute Gasteiger partial charge is 0.237 e. The Morgan fingerprint density at radius 1 is 1.30 bits per heavy atom. The van der Waals surface area contributed by atoms with Gasteiger partial charge in [0.1, 0.15) is 6.07 Å². The molecule has 5 heteroatoms. The molecule has 0 fully saturated rings. The SMILES string of the molecule is N#Cc1c(F)n[c]nc1F. The maximum Gasteiger partial charge on any atom is 0.237 e. The van der Waals surface area contributed by atoms with Crippen LogP contribution in [0.2, 0.25) is 0 Å². The number of nitrogens with zero attached hydrogens (tertiary/aromatic N) is 3. The van der Waals surface area contributed by atoms with E-state index in [-0.39, 0.29) is 0 Å². The van der Waals surface area contributed by atoms with Crippen LogP contribution in [0.4, 0.5) is 8.78 Å². The van der Waals surface area contributed by atoms with Crippen molar-refractivity contribution in [2.75, 3.05) is 0 Å². The maximum absolute atomic E-state index is 12.2. The van der Waals surface area contributed by atoms with Crippen LogP contribution in [0.3, 0.4) is 0 Å². The minimum Gasteiger partial charge on any atom is -0.195 e. The second-order valence-corrected chi connectivity index (χ2v) is 1.39. The van der Waals surface area contributed by atoms with Gasteiger partial charge in [0.25, 0.3) is 0 Å². The van der Waals surface area contributed by atoms with Crippen LogP contribution in [0.1, 0.15) is 5.56 Å². The molecule has 0 aliphatic heterocycles. The number of halogens is 2. The van der Waals surface area contributed by atoms with Gasteiger partial charge in [-0.1, -0.05) is 0 Å². The third kappa shape index (κ3) is 0.910. The van der Waals surface area contributed by atoms with Crippen LogP contribution in [-0.2, 0) is 0 Å². The van der Waals surface area contributed by atoms with Crippen LogP contribution in [0.25, 0.3) is 0 Å². The highest BCUT2D eigenvalue weighted by Crippen LogP contribution is 2.03. The third-order valence-electron chi connectivity index (χ3n) is 0.821. The topological polar surface area (TPSA) is 49.6 Å².